The molecule has 2 rings (SSSR count). The molecule has 0 radical (unpaired) electrons. The first kappa shape index (κ1) is 8.49. The van der Waals surface area contributed by atoms with E-state index in [9.17, 15) is 4.39 Å². The van der Waals surface area contributed by atoms with Crippen molar-refractivity contribution < 1.29 is 4.39 Å². The molecule has 0 aromatic heterocycles. The summed E-state index contributed by atoms with van der Waals surface area (Å²) in [6.07, 6.45) is 2.50. The molecule has 2 heteroatoms. The van der Waals surface area contributed by atoms with Crippen LogP contribution in [0.3, 0.4) is 0 Å². The molecule has 0 N–H and O–H groups in total. The molecule has 1 spiro atoms. The molecule has 0 bridgehead atoms. The Labute approximate surface area is 73.9 Å². The van der Waals surface area contributed by atoms with Crippen molar-refractivity contribution in [2.45, 2.75) is 45.3 Å². The Morgan fingerprint density at radius 3 is 2.58 bits per heavy atom. The molecule has 1 aliphatic heterocycles. The molecule has 1 saturated heterocycles. The second kappa shape index (κ2) is 2.69. The summed E-state index contributed by atoms with van der Waals surface area (Å²) in [5, 5.41) is 0. The van der Waals surface area contributed by atoms with Gasteiger partial charge in [-0.15, -0.1) is 0 Å². The van der Waals surface area contributed by atoms with E-state index >= 15 is 0 Å². The highest BCUT2D eigenvalue weighted by Crippen LogP contribution is 2.53. The van der Waals surface area contributed by atoms with Crippen LogP contribution in [0.15, 0.2) is 0 Å². The molecule has 1 heterocycles. The van der Waals surface area contributed by atoms with Crippen LogP contribution >= 0.6 is 0 Å². The molecule has 1 saturated carbocycles. The van der Waals surface area contributed by atoms with Crippen LogP contribution in [0.1, 0.15) is 33.1 Å². The van der Waals surface area contributed by atoms with E-state index in [2.05, 4.69) is 18.7 Å². The van der Waals surface area contributed by atoms with Gasteiger partial charge in [0, 0.05) is 24.5 Å². The molecule has 1 unspecified atom stereocenters. The third-order valence-corrected chi connectivity index (χ3v) is 3.47. The molecule has 0 amide bonds. The van der Waals surface area contributed by atoms with Gasteiger partial charge in [0.05, 0.1) is 0 Å². The van der Waals surface area contributed by atoms with Crippen LogP contribution in [0.5, 0.6) is 0 Å². The summed E-state index contributed by atoms with van der Waals surface area (Å²) in [7, 11) is 0. The first-order valence-electron chi connectivity index (χ1n) is 5.02. The maximum atomic E-state index is 13.4. The zero-order valence-electron chi connectivity index (χ0n) is 8.02. The van der Waals surface area contributed by atoms with Gasteiger partial charge >= 0.3 is 0 Å². The van der Waals surface area contributed by atoms with Crippen molar-refractivity contribution in [1.29, 1.82) is 0 Å². The van der Waals surface area contributed by atoms with Crippen LogP contribution in [0, 0.1) is 5.41 Å². The number of nitrogens with zero attached hydrogens (tertiary/aromatic N) is 1. The number of likely N-dealkylation sites (tertiary alicyclic amines) is 1. The van der Waals surface area contributed by atoms with E-state index in [4.69, 9.17) is 0 Å². The molecule has 0 aromatic carbocycles. The van der Waals surface area contributed by atoms with Crippen LogP contribution in [0.2, 0.25) is 0 Å². The van der Waals surface area contributed by atoms with E-state index < -0.39 is 6.17 Å². The van der Waals surface area contributed by atoms with Crippen molar-refractivity contribution in [1.82, 2.24) is 4.90 Å². The minimum Gasteiger partial charge on any atom is -0.300 e. The lowest BCUT2D eigenvalue weighted by molar-refractivity contribution is 0.0540. The molecular formula is C10H18FN. The maximum Gasteiger partial charge on any atom is 0.108 e. The van der Waals surface area contributed by atoms with Crippen LogP contribution in [0.4, 0.5) is 4.39 Å². The summed E-state index contributed by atoms with van der Waals surface area (Å²) >= 11 is 0. The van der Waals surface area contributed by atoms with E-state index in [0.29, 0.717) is 6.04 Å². The first-order valence-corrected chi connectivity index (χ1v) is 5.02. The molecular weight excluding hydrogens is 153 g/mol. The fourth-order valence-electron chi connectivity index (χ4n) is 2.24. The summed E-state index contributed by atoms with van der Waals surface area (Å²) in [6.45, 7) is 6.37. The van der Waals surface area contributed by atoms with Gasteiger partial charge in [0.15, 0.2) is 0 Å². The number of piperidine rings is 1. The summed E-state index contributed by atoms with van der Waals surface area (Å²) in [4.78, 5) is 2.42. The Morgan fingerprint density at radius 2 is 2.08 bits per heavy atom. The number of hydrogen-bond donors (Lipinski definition) is 0. The molecule has 12 heavy (non-hydrogen) atoms. The Bertz CT molecular complexity index is 175. The second-order valence-electron chi connectivity index (χ2n) is 4.68. The predicted octanol–water partition coefficient (Wildman–Crippen LogP) is 2.22. The average molecular weight is 171 g/mol. The highest BCUT2D eigenvalue weighted by atomic mass is 19.1. The van der Waals surface area contributed by atoms with Gasteiger partial charge in [-0.1, -0.05) is 0 Å². The molecule has 2 fully saturated rings. The van der Waals surface area contributed by atoms with E-state index in [1.54, 1.807) is 0 Å². The maximum absolute atomic E-state index is 13.4. The lowest BCUT2D eigenvalue weighted by atomic mass is 9.92. The lowest BCUT2D eigenvalue weighted by Gasteiger charge is -2.37. The van der Waals surface area contributed by atoms with Gasteiger partial charge in [-0.05, 0) is 33.1 Å². The average Bonchev–Trinajstić information content (AvgIpc) is 2.76. The van der Waals surface area contributed by atoms with Gasteiger partial charge in [-0.2, -0.15) is 0 Å². The van der Waals surface area contributed by atoms with Gasteiger partial charge in [-0.3, -0.25) is 0 Å². The fourth-order valence-corrected chi connectivity index (χ4v) is 2.24. The van der Waals surface area contributed by atoms with Crippen molar-refractivity contribution in [3.63, 3.8) is 0 Å². The Hall–Kier alpha value is -0.110. The Kier molecular flexibility index (Phi) is 1.90. The van der Waals surface area contributed by atoms with Crippen molar-refractivity contribution in [2.75, 3.05) is 13.1 Å². The predicted molar refractivity (Wildman–Crippen MR) is 47.9 cm³/mol. The van der Waals surface area contributed by atoms with Gasteiger partial charge in [0.25, 0.3) is 0 Å². The minimum absolute atomic E-state index is 0.0997. The van der Waals surface area contributed by atoms with Gasteiger partial charge < -0.3 is 4.90 Å². The molecule has 0 aromatic rings. The zero-order valence-corrected chi connectivity index (χ0v) is 8.02. The van der Waals surface area contributed by atoms with E-state index in [0.717, 1.165) is 32.4 Å². The summed E-state index contributed by atoms with van der Waals surface area (Å²) in [6, 6.07) is 0.593. The highest BCUT2D eigenvalue weighted by Gasteiger charge is 2.53. The standard InChI is InChI=1S/C10H18FN/c1-8(2)12-6-3-9(11)10(7-12)4-5-10/h8-9H,3-7H2,1-2H3. The third kappa shape index (κ3) is 1.26. The topological polar surface area (TPSA) is 3.24 Å². The van der Waals surface area contributed by atoms with Crippen LogP contribution in [0.25, 0.3) is 0 Å². The third-order valence-electron chi connectivity index (χ3n) is 3.47. The minimum atomic E-state index is -0.507. The Balaban J connectivity index is 1.99. The van der Waals surface area contributed by atoms with Crippen LogP contribution in [-0.2, 0) is 0 Å². The second-order valence-corrected chi connectivity index (χ2v) is 4.68. The van der Waals surface area contributed by atoms with Crippen molar-refractivity contribution in [3.05, 3.63) is 0 Å². The zero-order chi connectivity index (χ0) is 8.77. The van der Waals surface area contributed by atoms with Gasteiger partial charge in [0.1, 0.15) is 6.17 Å². The quantitative estimate of drug-likeness (QED) is 0.584. The number of hydrogen-bond acceptors (Lipinski definition) is 1. The number of rotatable bonds is 1. The lowest BCUT2D eigenvalue weighted by Crippen LogP contribution is -2.45. The summed E-state index contributed by atoms with van der Waals surface area (Å²) in [5.41, 5.74) is 0.0997. The first-order chi connectivity index (χ1) is 5.64. The summed E-state index contributed by atoms with van der Waals surface area (Å²) in [5.74, 6) is 0. The van der Waals surface area contributed by atoms with Gasteiger partial charge in [0.2, 0.25) is 0 Å². The highest BCUT2D eigenvalue weighted by molar-refractivity contribution is 5.04. The number of halogens is 1. The van der Waals surface area contributed by atoms with E-state index in [1.165, 1.54) is 0 Å². The molecule has 2 aliphatic rings. The van der Waals surface area contributed by atoms with Crippen LogP contribution < -0.4 is 0 Å². The molecule has 1 aliphatic carbocycles. The van der Waals surface area contributed by atoms with Crippen molar-refractivity contribution in [3.8, 4) is 0 Å². The van der Waals surface area contributed by atoms with E-state index in [1.807, 2.05) is 0 Å². The van der Waals surface area contributed by atoms with Crippen LogP contribution in [-0.4, -0.2) is 30.2 Å². The SMILES string of the molecule is CC(C)N1CCC(F)C2(CC2)C1. The normalized spacial score (nSPS) is 34.5. The smallest absolute Gasteiger partial charge is 0.108 e. The molecule has 1 atom stereocenters. The molecule has 1 nitrogen and oxygen atoms in total. The fraction of sp³-hybridized carbons (Fsp3) is 1.00. The monoisotopic (exact) mass is 171 g/mol. The van der Waals surface area contributed by atoms with E-state index in [-0.39, 0.29) is 5.41 Å². The Morgan fingerprint density at radius 1 is 1.42 bits per heavy atom. The molecule has 70 valence electrons. The van der Waals surface area contributed by atoms with Crippen molar-refractivity contribution in [2.24, 2.45) is 5.41 Å². The van der Waals surface area contributed by atoms with Crippen molar-refractivity contribution >= 4 is 0 Å². The van der Waals surface area contributed by atoms with Gasteiger partial charge in [-0.25, -0.2) is 4.39 Å². The largest absolute Gasteiger partial charge is 0.300 e. The summed E-state index contributed by atoms with van der Waals surface area (Å²) < 4.78 is 13.4. The number of alkyl halides is 1.